The fraction of sp³-hybridized carbons (Fsp3) is 0.364. The van der Waals surface area contributed by atoms with Crippen molar-refractivity contribution in [3.05, 3.63) is 270 Å². The Morgan fingerprint density at radius 1 is 0.415 bits per heavy atom. The number of nitrogens with one attached hydrogen (secondary N) is 4. The van der Waals surface area contributed by atoms with Gasteiger partial charge in [0.2, 0.25) is 23.5 Å². The number of nitrogens with zero attached hydrogens (tertiary/aromatic N) is 17. The molecule has 0 saturated carbocycles. The molecule has 6 aliphatic rings. The number of hydrogen-bond acceptors (Lipinski definition) is 19. The van der Waals surface area contributed by atoms with Gasteiger partial charge in [-0.1, -0.05) is 130 Å². The molecule has 147 heavy (non-hydrogen) atoms. The molecule has 4 N–H and O–H groups in total. The van der Waals surface area contributed by atoms with E-state index >= 15 is 27.2 Å². The summed E-state index contributed by atoms with van der Waals surface area (Å²) in [4.78, 5) is 164. The quantitative estimate of drug-likeness (QED) is 0.0580. The topological polar surface area (TPSA) is 336 Å². The van der Waals surface area contributed by atoms with E-state index in [0.29, 0.717) is 198 Å². The number of carbonyl (C=O) groups excluding carboxylic acids is 3. The number of anilines is 4. The molecule has 0 aliphatic carbocycles. The minimum atomic E-state index is -0.904. The molecule has 3 saturated heterocycles. The van der Waals surface area contributed by atoms with Crippen LogP contribution in [0.25, 0.3) is 116 Å². The Hall–Kier alpha value is -15.0. The van der Waals surface area contributed by atoms with Gasteiger partial charge in [0.15, 0.2) is 17.5 Å². The molecule has 0 spiro atoms. The number of H-pyrrole nitrogens is 3. The molecule has 6 aromatic carbocycles. The van der Waals surface area contributed by atoms with E-state index < -0.39 is 45.6 Å². The molecule has 31 nitrogen and oxygen atoms in total. The number of aromatic amines is 3. The lowest BCUT2D eigenvalue weighted by atomic mass is 9.94. The number of ether oxygens (including phenoxy) is 1. The van der Waals surface area contributed by atoms with Gasteiger partial charge < -0.3 is 54.4 Å². The van der Waals surface area contributed by atoms with E-state index in [-0.39, 0.29) is 162 Å². The first-order chi connectivity index (χ1) is 69.9. The summed E-state index contributed by atoms with van der Waals surface area (Å²) in [6.45, 7) is 46.4. The molecule has 9 aromatic heterocycles. The van der Waals surface area contributed by atoms with Gasteiger partial charge in [0.25, 0.3) is 16.7 Å². The summed E-state index contributed by atoms with van der Waals surface area (Å²) in [5, 5.41) is 4.65. The highest BCUT2D eigenvalue weighted by atomic mass is 35.5. The Balaban J connectivity index is 0.000000139. The van der Waals surface area contributed by atoms with Crippen molar-refractivity contribution in [2.24, 2.45) is 21.1 Å². The van der Waals surface area contributed by atoms with Crippen LogP contribution in [-0.4, -0.2) is 188 Å². The van der Waals surface area contributed by atoms with Gasteiger partial charge in [-0.05, 0) is 161 Å². The Labute approximate surface area is 852 Å². The zero-order chi connectivity index (χ0) is 105. The molecule has 15 heterocycles. The highest BCUT2D eigenvalue weighted by Gasteiger charge is 2.47. The first-order valence-corrected chi connectivity index (χ1v) is 50.1. The second-order valence-corrected chi connectivity index (χ2v) is 41.8. The predicted molar refractivity (Wildman–Crippen MR) is 570 cm³/mol. The second kappa shape index (κ2) is 37.8. The van der Waals surface area contributed by atoms with Crippen LogP contribution in [0.2, 0.25) is 10.0 Å². The average molecular weight is 2040 g/mol. The smallest absolute Gasteiger partial charge is 0.326 e. The number of amides is 3. The van der Waals surface area contributed by atoms with Crippen molar-refractivity contribution < 1.29 is 36.7 Å². The van der Waals surface area contributed by atoms with Crippen molar-refractivity contribution >= 4 is 129 Å². The molecule has 37 heteroatoms. The van der Waals surface area contributed by atoms with Crippen molar-refractivity contribution in [2.75, 3.05) is 72.4 Å². The number of aryl methyl sites for hydroxylation is 7. The molecule has 3 fully saturated rings. The summed E-state index contributed by atoms with van der Waals surface area (Å²) in [5.74, 6) is -4.32. The molecule has 762 valence electrons. The largest absolute Gasteiger partial charge is 0.484 e. The maximum absolute atomic E-state index is 18.1. The fourth-order valence-electron chi connectivity index (χ4n) is 23.0. The third kappa shape index (κ3) is 15.9. The number of hydrogen-bond donors (Lipinski definition) is 4. The van der Waals surface area contributed by atoms with E-state index in [9.17, 15) is 33.6 Å². The zero-order valence-electron chi connectivity index (χ0n) is 85.5. The van der Waals surface area contributed by atoms with E-state index in [1.165, 1.54) is 64.4 Å². The van der Waals surface area contributed by atoms with Crippen molar-refractivity contribution in [1.82, 2.24) is 82.0 Å². The SMILES string of the molecule is C=CC(=O)N1CC2CNc3c(c4cc(Cl)c(-c5c(C)ccc6[nH]c(=O)n(C)c56)c(F)c4n(-c4c(C(C)C)ncnc4C(C)C)c3=O)N2CC1C.C=CC(=O)N1CC2COc3c(c4cc(Cl)c(-c5c(C)ccc6[nH]c(=O)n(C)c56)c(F)c4n(-c4c(C(C)C)ncnc4C(C)C)c3=O)N2CC1C.C=CC(=O)N1CC2Cc3c(c4cc(F)c(-c5c(C)ccc6[nH]c(=O)n(C)c56)c(F)c4n(-c4c(C)ccnc4C(C)C)c3=O)N2CC1C. The lowest BCUT2D eigenvalue weighted by molar-refractivity contribution is -0.129. The van der Waals surface area contributed by atoms with Gasteiger partial charge in [-0.25, -0.2) is 51.9 Å². The summed E-state index contributed by atoms with van der Waals surface area (Å²) >= 11 is 14.3. The van der Waals surface area contributed by atoms with Crippen LogP contribution in [0.5, 0.6) is 5.75 Å². The normalized spacial score (nSPS) is 17.5. The summed E-state index contributed by atoms with van der Waals surface area (Å²) in [7, 11) is 4.79. The third-order valence-electron chi connectivity index (χ3n) is 30.0. The van der Waals surface area contributed by atoms with Crippen LogP contribution in [0.15, 0.2) is 146 Å². The highest BCUT2D eigenvalue weighted by molar-refractivity contribution is 6.36. The first kappa shape index (κ1) is 101. The minimum Gasteiger partial charge on any atom is -0.484 e. The van der Waals surface area contributed by atoms with Gasteiger partial charge in [-0.2, -0.15) is 0 Å². The lowest BCUT2D eigenvalue weighted by Gasteiger charge is -2.49. The van der Waals surface area contributed by atoms with Crippen molar-refractivity contribution in [3.8, 4) is 56.2 Å². The highest BCUT2D eigenvalue weighted by Crippen LogP contribution is 2.53. The molecule has 21 rings (SSSR count). The molecule has 0 radical (unpaired) electrons. The molecular weight excluding hydrogens is 1920 g/mol. The molecule has 6 aliphatic heterocycles. The van der Waals surface area contributed by atoms with Gasteiger partial charge >= 0.3 is 17.1 Å². The first-order valence-electron chi connectivity index (χ1n) is 49.4. The average Bonchev–Trinajstić information content (AvgIpc) is 1.04. The summed E-state index contributed by atoms with van der Waals surface area (Å²) in [5.41, 5.74) is 10.3. The number of piperazine rings is 3. The fourth-order valence-corrected chi connectivity index (χ4v) is 23.5. The van der Waals surface area contributed by atoms with Crippen molar-refractivity contribution in [3.63, 3.8) is 0 Å². The van der Waals surface area contributed by atoms with Crippen LogP contribution in [0.3, 0.4) is 0 Å². The Bertz CT molecular complexity index is 8230. The van der Waals surface area contributed by atoms with Crippen LogP contribution in [0, 0.1) is 51.0 Å². The molecule has 3 amide bonds. The predicted octanol–water partition coefficient (Wildman–Crippen LogP) is 17.4. The standard InChI is InChI=1S/C37H40ClFN8O3.C37H39ClFN7O4.C36H36F2N6O3/c1-9-25(48)45-15-21-13-40-31-33(46(21)14-20(45)7)22-12-23(38)27(26-19(6)10-11-24-34(26)44(8)37(50)43-24)28(39)32(22)47(36(31)49)35-29(17(2)3)41-16-42-30(35)18(4)5;1-9-25(47)44-14-21-15-50-35-32(45(21)13-20(44)7)22-12-23(38)27(26-19(6)10-11-24-33(26)43(8)37(49)42-24)28(39)31(22)46(36(35)48)34-29(17(2)3)40-16-41-30(34)18(4)5;1-8-26(45)42-16-21-13-23-32(43(21)15-20(42)6)22-14-24(37)28(27-18(4)9-10-25-34(27)41(7)36(47)40-25)29(38)33(22)44(35(23)46)31-19(5)11-12-39-30(31)17(2)3/h9-12,16-18,20-21,40H,1,13-15H2,2-8H3,(H,43,50);9-12,16-18,20-21H,1,13-15H2,2-8H3,(H,42,49);8-12,14,17,20-21H,1,13,15-16H2,2-7H3,(H,40,47). The number of rotatable bonds is 14. The van der Waals surface area contributed by atoms with Gasteiger partial charge in [0.05, 0.1) is 146 Å². The Morgan fingerprint density at radius 3 is 1.20 bits per heavy atom. The van der Waals surface area contributed by atoms with E-state index in [1.54, 1.807) is 97.5 Å². The minimum absolute atomic E-state index is 0.00908. The van der Waals surface area contributed by atoms with E-state index in [1.807, 2.05) is 127 Å². The monoisotopic (exact) mass is 2040 g/mol. The van der Waals surface area contributed by atoms with Gasteiger partial charge in [-0.3, -0.25) is 61.2 Å². The Kier molecular flexibility index (Phi) is 25.9. The van der Waals surface area contributed by atoms with Crippen LogP contribution < -0.4 is 58.5 Å². The number of pyridine rings is 4. The second-order valence-electron chi connectivity index (χ2n) is 41.0. The van der Waals surface area contributed by atoms with E-state index in [0.717, 1.165) is 5.56 Å². The van der Waals surface area contributed by atoms with Crippen LogP contribution in [0.4, 0.5) is 40.3 Å². The van der Waals surface area contributed by atoms with Crippen molar-refractivity contribution in [2.45, 2.75) is 190 Å². The van der Waals surface area contributed by atoms with Crippen LogP contribution in [0.1, 0.15) is 176 Å². The number of halogens is 6. The molecule has 6 atom stereocenters. The van der Waals surface area contributed by atoms with E-state index in [2.05, 4.69) is 69.8 Å². The molecule has 6 unspecified atom stereocenters. The zero-order valence-corrected chi connectivity index (χ0v) is 87.0. The molecule has 15 aromatic rings. The lowest BCUT2D eigenvalue weighted by Crippen LogP contribution is -2.62. The Morgan fingerprint density at radius 2 is 0.776 bits per heavy atom. The number of fused-ring (bicyclic) bond motifs is 18. The third-order valence-corrected chi connectivity index (χ3v) is 30.6. The molecule has 0 bridgehead atoms. The van der Waals surface area contributed by atoms with Crippen LogP contribution >= 0.6 is 23.2 Å². The summed E-state index contributed by atoms with van der Waals surface area (Å²) < 4.78 is 85.1. The molecular formula is C110H115Cl2F4N21O10. The van der Waals surface area contributed by atoms with Crippen LogP contribution in [-0.2, 0) is 41.9 Å². The summed E-state index contributed by atoms with van der Waals surface area (Å²) in [6.07, 6.45) is 8.82. The maximum Gasteiger partial charge on any atom is 0.326 e. The number of benzene rings is 6. The number of imidazole rings is 3. The van der Waals surface area contributed by atoms with Gasteiger partial charge in [0.1, 0.15) is 30.8 Å². The summed E-state index contributed by atoms with van der Waals surface area (Å²) in [6, 6.07) is 15.6. The van der Waals surface area contributed by atoms with E-state index in [4.69, 9.17) is 27.9 Å². The maximum atomic E-state index is 18.1. The van der Waals surface area contributed by atoms with Gasteiger partial charge in [0, 0.05) is 147 Å². The number of aromatic nitrogens is 14. The number of carbonyl (C=O) groups is 3. The van der Waals surface area contributed by atoms with Crippen molar-refractivity contribution in [1.29, 1.82) is 0 Å². The van der Waals surface area contributed by atoms with Gasteiger partial charge in [-0.15, -0.1) is 0 Å².